The number of carbonyl (C=O) groups is 1. The van der Waals surface area contributed by atoms with Crippen LogP contribution in [-0.4, -0.2) is 23.4 Å². The van der Waals surface area contributed by atoms with Crippen LogP contribution in [0.25, 0.3) is 0 Å². The largest absolute Gasteiger partial charge is 0.370 e. The van der Waals surface area contributed by atoms with Gasteiger partial charge in [-0.1, -0.05) is 38.8 Å². The highest BCUT2D eigenvalue weighted by atomic mass is 16.1. The molecule has 5 nitrogen and oxygen atoms in total. The summed E-state index contributed by atoms with van der Waals surface area (Å²) < 4.78 is 0. The fourth-order valence-electron chi connectivity index (χ4n) is 2.60. The van der Waals surface area contributed by atoms with Crippen LogP contribution in [0.2, 0.25) is 0 Å². The summed E-state index contributed by atoms with van der Waals surface area (Å²) in [6.07, 6.45) is 3.49. The van der Waals surface area contributed by atoms with Crippen LogP contribution >= 0.6 is 0 Å². The Bertz CT molecular complexity index is 602. The van der Waals surface area contributed by atoms with E-state index in [0.29, 0.717) is 24.1 Å². The first kappa shape index (κ1) is 22.0. The van der Waals surface area contributed by atoms with Crippen LogP contribution in [0.15, 0.2) is 29.3 Å². The second-order valence-corrected chi connectivity index (χ2v) is 8.48. The molecule has 1 aromatic carbocycles. The van der Waals surface area contributed by atoms with Crippen LogP contribution in [0.5, 0.6) is 0 Å². The molecule has 146 valence electrons. The van der Waals surface area contributed by atoms with Gasteiger partial charge < -0.3 is 16.4 Å². The van der Waals surface area contributed by atoms with Gasteiger partial charge in [-0.3, -0.25) is 4.79 Å². The second-order valence-electron chi connectivity index (χ2n) is 8.48. The van der Waals surface area contributed by atoms with Crippen molar-refractivity contribution in [2.75, 3.05) is 0 Å². The predicted octanol–water partition coefficient (Wildman–Crippen LogP) is 3.83. The van der Waals surface area contributed by atoms with Gasteiger partial charge in [0.05, 0.1) is 6.54 Å². The van der Waals surface area contributed by atoms with E-state index in [-0.39, 0.29) is 11.4 Å². The lowest BCUT2D eigenvalue weighted by atomic mass is 10.0. The Morgan fingerprint density at radius 3 is 2.50 bits per heavy atom. The summed E-state index contributed by atoms with van der Waals surface area (Å²) in [5.41, 5.74) is 7.34. The van der Waals surface area contributed by atoms with Crippen LogP contribution in [0.3, 0.4) is 0 Å². The molecule has 1 amide bonds. The van der Waals surface area contributed by atoms with E-state index in [9.17, 15) is 4.79 Å². The molecule has 4 N–H and O–H groups in total. The molecule has 1 unspecified atom stereocenters. The molecule has 0 saturated carbocycles. The molecule has 0 fully saturated rings. The van der Waals surface area contributed by atoms with Crippen molar-refractivity contribution in [3.05, 3.63) is 35.4 Å². The molecule has 1 rings (SSSR count). The number of benzene rings is 1. The normalized spacial score (nSPS) is 13.6. The SMILES string of the molecule is CC(C)CCCC(C)NC(N)=NCc1cccc(C(=O)NC(C)(C)C)c1. The van der Waals surface area contributed by atoms with Crippen molar-refractivity contribution < 1.29 is 4.79 Å². The minimum Gasteiger partial charge on any atom is -0.370 e. The molecule has 0 aromatic heterocycles. The average molecular weight is 361 g/mol. The number of hydrogen-bond donors (Lipinski definition) is 3. The summed E-state index contributed by atoms with van der Waals surface area (Å²) in [4.78, 5) is 16.7. The minimum absolute atomic E-state index is 0.0757. The van der Waals surface area contributed by atoms with E-state index in [1.807, 2.05) is 45.0 Å². The molecule has 1 atom stereocenters. The van der Waals surface area contributed by atoms with Crippen molar-refractivity contribution in [3.63, 3.8) is 0 Å². The van der Waals surface area contributed by atoms with E-state index in [2.05, 4.69) is 36.4 Å². The maximum Gasteiger partial charge on any atom is 0.251 e. The highest BCUT2D eigenvalue weighted by molar-refractivity contribution is 5.94. The number of aliphatic imine (C=N–C) groups is 1. The zero-order valence-corrected chi connectivity index (χ0v) is 17.2. The molecule has 0 bridgehead atoms. The van der Waals surface area contributed by atoms with E-state index < -0.39 is 0 Å². The third-order valence-corrected chi connectivity index (χ3v) is 3.92. The number of nitrogens with zero attached hydrogens (tertiary/aromatic N) is 1. The summed E-state index contributed by atoms with van der Waals surface area (Å²) >= 11 is 0. The van der Waals surface area contributed by atoms with Gasteiger partial charge in [-0.15, -0.1) is 0 Å². The highest BCUT2D eigenvalue weighted by Crippen LogP contribution is 2.10. The Balaban J connectivity index is 2.56. The smallest absolute Gasteiger partial charge is 0.251 e. The number of amides is 1. The van der Waals surface area contributed by atoms with E-state index in [1.54, 1.807) is 0 Å². The van der Waals surface area contributed by atoms with Crippen LogP contribution < -0.4 is 16.4 Å². The van der Waals surface area contributed by atoms with Gasteiger partial charge in [0.25, 0.3) is 5.91 Å². The van der Waals surface area contributed by atoms with Crippen LogP contribution in [0, 0.1) is 5.92 Å². The number of carbonyl (C=O) groups excluding carboxylic acids is 1. The number of nitrogens with two attached hydrogens (primary N) is 1. The number of hydrogen-bond acceptors (Lipinski definition) is 2. The summed E-state index contributed by atoms with van der Waals surface area (Å²) in [7, 11) is 0. The summed E-state index contributed by atoms with van der Waals surface area (Å²) in [5, 5.41) is 6.21. The molecule has 0 radical (unpaired) electrons. The van der Waals surface area contributed by atoms with Gasteiger partial charge in [0.1, 0.15) is 0 Å². The lowest BCUT2D eigenvalue weighted by molar-refractivity contribution is 0.0919. The summed E-state index contributed by atoms with van der Waals surface area (Å²) in [5.74, 6) is 1.11. The monoisotopic (exact) mass is 360 g/mol. The first-order valence-electron chi connectivity index (χ1n) is 9.54. The topological polar surface area (TPSA) is 79.5 Å². The van der Waals surface area contributed by atoms with Crippen LogP contribution in [-0.2, 0) is 6.54 Å². The molecule has 0 aliphatic rings. The highest BCUT2D eigenvalue weighted by Gasteiger charge is 2.15. The van der Waals surface area contributed by atoms with Crippen molar-refractivity contribution in [3.8, 4) is 0 Å². The standard InChI is InChI=1S/C21H36N4O/c1-15(2)9-7-10-16(3)24-20(22)23-14-17-11-8-12-18(13-17)19(26)25-21(4,5)6/h8,11-13,15-16H,7,9-10,14H2,1-6H3,(H,25,26)(H3,22,23,24). The Hall–Kier alpha value is -2.04. The lowest BCUT2D eigenvalue weighted by Gasteiger charge is -2.20. The average Bonchev–Trinajstić information content (AvgIpc) is 2.51. The third kappa shape index (κ3) is 9.44. The van der Waals surface area contributed by atoms with Crippen LogP contribution in [0.1, 0.15) is 76.7 Å². The van der Waals surface area contributed by atoms with Crippen molar-refractivity contribution in [2.45, 2.75) is 78.9 Å². The molecular weight excluding hydrogens is 324 g/mol. The van der Waals surface area contributed by atoms with Gasteiger partial charge in [0.2, 0.25) is 0 Å². The first-order chi connectivity index (χ1) is 12.1. The van der Waals surface area contributed by atoms with Gasteiger partial charge >= 0.3 is 0 Å². The molecule has 0 spiro atoms. The van der Waals surface area contributed by atoms with E-state index >= 15 is 0 Å². The number of nitrogens with one attached hydrogen (secondary N) is 2. The van der Waals surface area contributed by atoms with Crippen molar-refractivity contribution in [1.29, 1.82) is 0 Å². The lowest BCUT2D eigenvalue weighted by Crippen LogP contribution is -2.40. The maximum absolute atomic E-state index is 12.3. The second kappa shape index (κ2) is 10.2. The minimum atomic E-state index is -0.259. The zero-order chi connectivity index (χ0) is 19.7. The van der Waals surface area contributed by atoms with Crippen molar-refractivity contribution >= 4 is 11.9 Å². The molecule has 0 aliphatic carbocycles. The van der Waals surface area contributed by atoms with Gasteiger partial charge in [-0.2, -0.15) is 0 Å². The summed E-state index contributed by atoms with van der Waals surface area (Å²) in [6.45, 7) is 13.0. The molecular formula is C21H36N4O. The quantitative estimate of drug-likeness (QED) is 0.487. The fraction of sp³-hybridized carbons (Fsp3) is 0.619. The molecule has 1 aromatic rings. The van der Waals surface area contributed by atoms with Gasteiger partial charge in [-0.25, -0.2) is 4.99 Å². The Kier molecular flexibility index (Phi) is 8.62. The Morgan fingerprint density at radius 1 is 1.19 bits per heavy atom. The van der Waals surface area contributed by atoms with Crippen molar-refractivity contribution in [1.82, 2.24) is 10.6 Å². The van der Waals surface area contributed by atoms with E-state index in [1.165, 1.54) is 12.8 Å². The van der Waals surface area contributed by atoms with E-state index in [0.717, 1.165) is 17.9 Å². The molecule has 0 heterocycles. The predicted molar refractivity (Wildman–Crippen MR) is 110 cm³/mol. The van der Waals surface area contributed by atoms with E-state index in [4.69, 9.17) is 5.73 Å². The molecule has 0 saturated heterocycles. The van der Waals surface area contributed by atoms with Crippen molar-refractivity contribution in [2.24, 2.45) is 16.6 Å². The molecule has 0 aliphatic heterocycles. The number of rotatable bonds is 8. The summed E-state index contributed by atoms with van der Waals surface area (Å²) in [6, 6.07) is 7.81. The zero-order valence-electron chi connectivity index (χ0n) is 17.2. The van der Waals surface area contributed by atoms with Gasteiger partial charge in [-0.05, 0) is 57.7 Å². The van der Waals surface area contributed by atoms with Gasteiger partial charge in [0.15, 0.2) is 5.96 Å². The molecule has 26 heavy (non-hydrogen) atoms. The Labute approximate surface area is 158 Å². The third-order valence-electron chi connectivity index (χ3n) is 3.92. The number of guanidine groups is 1. The Morgan fingerprint density at radius 2 is 1.88 bits per heavy atom. The van der Waals surface area contributed by atoms with Crippen LogP contribution in [0.4, 0.5) is 0 Å². The molecule has 5 heteroatoms. The fourth-order valence-corrected chi connectivity index (χ4v) is 2.60. The first-order valence-corrected chi connectivity index (χ1v) is 9.54. The maximum atomic E-state index is 12.3. The van der Waals surface area contributed by atoms with Gasteiger partial charge in [0, 0.05) is 17.1 Å².